The molecular formula is C18H32N2O. The Balaban J connectivity index is 2.91. The van der Waals surface area contributed by atoms with Gasteiger partial charge in [0.15, 0.2) is 0 Å². The first-order valence-corrected chi connectivity index (χ1v) is 8.29. The lowest BCUT2D eigenvalue weighted by Crippen LogP contribution is -2.46. The maximum atomic E-state index is 5.27. The number of likely N-dealkylation sites (N-methyl/N-ethyl adjacent to an activating group) is 1. The van der Waals surface area contributed by atoms with Gasteiger partial charge >= 0.3 is 0 Å². The molecule has 0 heterocycles. The van der Waals surface area contributed by atoms with Crippen molar-refractivity contribution in [1.29, 1.82) is 0 Å². The van der Waals surface area contributed by atoms with E-state index < -0.39 is 0 Å². The highest BCUT2D eigenvalue weighted by molar-refractivity contribution is 5.20. The van der Waals surface area contributed by atoms with Gasteiger partial charge < -0.3 is 10.1 Å². The average molecular weight is 292 g/mol. The second-order valence-corrected chi connectivity index (χ2v) is 5.44. The predicted molar refractivity (Wildman–Crippen MR) is 90.7 cm³/mol. The molecule has 0 spiro atoms. The second-order valence-electron chi connectivity index (χ2n) is 5.44. The number of rotatable bonds is 11. The smallest absolute Gasteiger partial charge is 0.0589 e. The van der Waals surface area contributed by atoms with Gasteiger partial charge in [0.2, 0.25) is 0 Å². The van der Waals surface area contributed by atoms with Gasteiger partial charge in [-0.05, 0) is 31.5 Å². The van der Waals surface area contributed by atoms with Crippen LogP contribution in [0, 0.1) is 0 Å². The maximum Gasteiger partial charge on any atom is 0.0589 e. The lowest BCUT2D eigenvalue weighted by Gasteiger charge is -2.37. The summed E-state index contributed by atoms with van der Waals surface area (Å²) in [5.41, 5.74) is 1.38. The zero-order valence-corrected chi connectivity index (χ0v) is 14.1. The summed E-state index contributed by atoms with van der Waals surface area (Å²) in [5.74, 6) is 0. The Morgan fingerprint density at radius 1 is 1.14 bits per heavy atom. The SMILES string of the molecule is CCCNC(c1ccccc1)C(CC)N(CC)CCOC. The molecule has 120 valence electrons. The van der Waals surface area contributed by atoms with Crippen molar-refractivity contribution in [3.8, 4) is 0 Å². The van der Waals surface area contributed by atoms with Gasteiger partial charge in [-0.3, -0.25) is 4.90 Å². The molecule has 0 bridgehead atoms. The standard InChI is InChI=1S/C18H32N2O/c1-5-13-19-18(16-11-9-8-10-12-16)17(6-2)20(7-3)14-15-21-4/h8-12,17-19H,5-7,13-15H2,1-4H3. The third-order valence-electron chi connectivity index (χ3n) is 4.03. The Labute approximate surface area is 130 Å². The van der Waals surface area contributed by atoms with Gasteiger partial charge in [0.25, 0.3) is 0 Å². The van der Waals surface area contributed by atoms with Gasteiger partial charge in [0, 0.05) is 25.7 Å². The van der Waals surface area contributed by atoms with Crippen LogP contribution in [0.1, 0.15) is 45.2 Å². The largest absolute Gasteiger partial charge is 0.383 e. The van der Waals surface area contributed by atoms with E-state index in [1.807, 2.05) is 0 Å². The number of hydrogen-bond donors (Lipinski definition) is 1. The van der Waals surface area contributed by atoms with Crippen molar-refractivity contribution in [1.82, 2.24) is 10.2 Å². The zero-order chi connectivity index (χ0) is 15.5. The number of ether oxygens (including phenoxy) is 1. The molecule has 2 atom stereocenters. The normalized spacial score (nSPS) is 14.3. The molecule has 0 amide bonds. The summed E-state index contributed by atoms with van der Waals surface area (Å²) in [7, 11) is 1.78. The van der Waals surface area contributed by atoms with Gasteiger partial charge in [-0.1, -0.05) is 51.1 Å². The van der Waals surface area contributed by atoms with Gasteiger partial charge in [0.1, 0.15) is 0 Å². The second kappa shape index (κ2) is 10.8. The fourth-order valence-corrected chi connectivity index (χ4v) is 2.91. The van der Waals surface area contributed by atoms with Crippen LogP contribution >= 0.6 is 0 Å². The Hall–Kier alpha value is -0.900. The Bertz CT molecular complexity index is 355. The molecule has 0 saturated heterocycles. The van der Waals surface area contributed by atoms with E-state index in [1.54, 1.807) is 7.11 Å². The van der Waals surface area contributed by atoms with Crippen LogP contribution in [0.5, 0.6) is 0 Å². The Morgan fingerprint density at radius 3 is 2.38 bits per heavy atom. The van der Waals surface area contributed by atoms with Crippen molar-refractivity contribution >= 4 is 0 Å². The molecule has 1 aromatic rings. The summed E-state index contributed by atoms with van der Waals surface area (Å²) in [6, 6.07) is 11.7. The van der Waals surface area contributed by atoms with E-state index in [9.17, 15) is 0 Å². The minimum atomic E-state index is 0.382. The van der Waals surface area contributed by atoms with Crippen molar-refractivity contribution in [2.75, 3.05) is 33.4 Å². The predicted octanol–water partition coefficient (Wildman–Crippen LogP) is 3.47. The number of nitrogens with one attached hydrogen (secondary N) is 1. The highest BCUT2D eigenvalue weighted by atomic mass is 16.5. The topological polar surface area (TPSA) is 24.5 Å². The number of methoxy groups -OCH3 is 1. The van der Waals surface area contributed by atoms with Crippen molar-refractivity contribution in [3.63, 3.8) is 0 Å². The van der Waals surface area contributed by atoms with Crippen LogP contribution in [0.4, 0.5) is 0 Å². The molecule has 3 heteroatoms. The summed E-state index contributed by atoms with van der Waals surface area (Å²) in [5, 5.41) is 3.75. The lowest BCUT2D eigenvalue weighted by molar-refractivity contribution is 0.104. The van der Waals surface area contributed by atoms with Crippen molar-refractivity contribution in [2.24, 2.45) is 0 Å². The molecule has 0 aliphatic carbocycles. The Morgan fingerprint density at radius 2 is 1.86 bits per heavy atom. The summed E-state index contributed by atoms with van der Waals surface area (Å²) >= 11 is 0. The molecule has 1 N–H and O–H groups in total. The van der Waals surface area contributed by atoms with E-state index in [1.165, 1.54) is 5.56 Å². The molecule has 1 aromatic carbocycles. The van der Waals surface area contributed by atoms with E-state index in [2.05, 4.69) is 61.3 Å². The van der Waals surface area contributed by atoms with Crippen LogP contribution in [0.25, 0.3) is 0 Å². The van der Waals surface area contributed by atoms with Crippen molar-refractivity contribution < 1.29 is 4.74 Å². The molecule has 0 aliphatic rings. The highest BCUT2D eigenvalue weighted by Crippen LogP contribution is 2.23. The first-order valence-electron chi connectivity index (χ1n) is 8.29. The van der Waals surface area contributed by atoms with Crippen LogP contribution < -0.4 is 5.32 Å². The molecule has 0 aromatic heterocycles. The Kier molecular flexibility index (Phi) is 9.31. The van der Waals surface area contributed by atoms with Gasteiger partial charge in [0.05, 0.1) is 6.61 Å². The highest BCUT2D eigenvalue weighted by Gasteiger charge is 2.25. The van der Waals surface area contributed by atoms with Crippen molar-refractivity contribution in [2.45, 2.75) is 45.7 Å². The first kappa shape index (κ1) is 18.1. The zero-order valence-electron chi connectivity index (χ0n) is 14.1. The molecule has 0 aliphatic heterocycles. The summed E-state index contributed by atoms with van der Waals surface area (Å²) in [4.78, 5) is 2.53. The van der Waals surface area contributed by atoms with Crippen molar-refractivity contribution in [3.05, 3.63) is 35.9 Å². The minimum Gasteiger partial charge on any atom is -0.383 e. The monoisotopic (exact) mass is 292 g/mol. The van der Waals surface area contributed by atoms with Crippen LogP contribution in [-0.4, -0.2) is 44.3 Å². The quantitative estimate of drug-likeness (QED) is 0.676. The molecule has 0 radical (unpaired) electrons. The maximum absolute atomic E-state index is 5.27. The molecule has 3 nitrogen and oxygen atoms in total. The van der Waals surface area contributed by atoms with Crippen LogP contribution in [0.15, 0.2) is 30.3 Å². The van der Waals surface area contributed by atoms with E-state index in [0.29, 0.717) is 12.1 Å². The van der Waals surface area contributed by atoms with Gasteiger partial charge in [-0.2, -0.15) is 0 Å². The van der Waals surface area contributed by atoms with E-state index >= 15 is 0 Å². The number of nitrogens with zero attached hydrogens (tertiary/aromatic N) is 1. The molecule has 0 saturated carbocycles. The molecule has 0 fully saturated rings. The fraction of sp³-hybridized carbons (Fsp3) is 0.667. The number of benzene rings is 1. The summed E-state index contributed by atoms with van der Waals surface area (Å²) in [6.45, 7) is 10.6. The van der Waals surface area contributed by atoms with Crippen LogP contribution in [0.3, 0.4) is 0 Å². The third kappa shape index (κ3) is 5.77. The summed E-state index contributed by atoms with van der Waals surface area (Å²) in [6.07, 6.45) is 2.29. The van der Waals surface area contributed by atoms with Crippen LogP contribution in [-0.2, 0) is 4.74 Å². The fourth-order valence-electron chi connectivity index (χ4n) is 2.91. The first-order chi connectivity index (χ1) is 10.3. The van der Waals surface area contributed by atoms with Gasteiger partial charge in [-0.25, -0.2) is 0 Å². The third-order valence-corrected chi connectivity index (χ3v) is 4.03. The van der Waals surface area contributed by atoms with E-state index in [-0.39, 0.29) is 0 Å². The molecular weight excluding hydrogens is 260 g/mol. The number of hydrogen-bond acceptors (Lipinski definition) is 3. The molecule has 1 rings (SSSR count). The molecule has 21 heavy (non-hydrogen) atoms. The lowest BCUT2D eigenvalue weighted by atomic mass is 9.95. The van der Waals surface area contributed by atoms with E-state index in [4.69, 9.17) is 4.74 Å². The summed E-state index contributed by atoms with van der Waals surface area (Å²) < 4.78 is 5.27. The minimum absolute atomic E-state index is 0.382. The average Bonchev–Trinajstić information content (AvgIpc) is 2.54. The molecule has 2 unspecified atom stereocenters. The van der Waals surface area contributed by atoms with E-state index in [0.717, 1.165) is 39.1 Å². The van der Waals surface area contributed by atoms with Gasteiger partial charge in [-0.15, -0.1) is 0 Å². The van der Waals surface area contributed by atoms with Crippen LogP contribution in [0.2, 0.25) is 0 Å².